The number of carbonyl (C=O) groups is 2. The van der Waals surface area contributed by atoms with Gasteiger partial charge < -0.3 is 15.2 Å². The Morgan fingerprint density at radius 2 is 1.69 bits per heavy atom. The van der Waals surface area contributed by atoms with Crippen LogP contribution in [0.15, 0.2) is 54.6 Å². The monoisotopic (exact) mass is 363 g/mol. The topological polar surface area (TPSA) is 75.6 Å². The fraction of sp³-hybridized carbons (Fsp3) is 0.263. The molecule has 0 saturated heterocycles. The zero-order valence-corrected chi connectivity index (χ0v) is 14.1. The van der Waals surface area contributed by atoms with Crippen LogP contribution in [0.4, 0.5) is 8.78 Å². The lowest BCUT2D eigenvalue weighted by atomic mass is 9.94. The predicted molar refractivity (Wildman–Crippen MR) is 90.9 cm³/mol. The summed E-state index contributed by atoms with van der Waals surface area (Å²) in [6.45, 7) is -1.38. The molecule has 2 N–H and O–H groups in total. The van der Waals surface area contributed by atoms with Crippen LogP contribution in [-0.4, -0.2) is 23.6 Å². The van der Waals surface area contributed by atoms with Crippen molar-refractivity contribution in [1.29, 1.82) is 0 Å². The molecule has 0 aliphatic carbocycles. The van der Waals surface area contributed by atoms with Crippen LogP contribution in [0.2, 0.25) is 0 Å². The van der Waals surface area contributed by atoms with Crippen LogP contribution in [0.5, 0.6) is 5.75 Å². The van der Waals surface area contributed by atoms with Gasteiger partial charge in [-0.3, -0.25) is 9.59 Å². The Labute approximate surface area is 149 Å². The minimum Gasteiger partial charge on any atom is -0.481 e. The Hall–Kier alpha value is -2.96. The van der Waals surface area contributed by atoms with Crippen LogP contribution in [0.1, 0.15) is 24.1 Å². The highest BCUT2D eigenvalue weighted by atomic mass is 19.3. The third-order valence-corrected chi connectivity index (χ3v) is 3.88. The molecule has 138 valence electrons. The summed E-state index contributed by atoms with van der Waals surface area (Å²) in [5.74, 6) is -2.20. The van der Waals surface area contributed by atoms with Crippen LogP contribution in [0, 0.1) is 5.92 Å². The number of hydrogen-bond donors (Lipinski definition) is 2. The van der Waals surface area contributed by atoms with Crippen molar-refractivity contribution >= 4 is 11.9 Å². The van der Waals surface area contributed by atoms with Gasteiger partial charge in [-0.05, 0) is 30.2 Å². The number of benzene rings is 2. The number of aliphatic carboxylic acids is 1. The zero-order valence-electron chi connectivity index (χ0n) is 14.1. The van der Waals surface area contributed by atoms with Gasteiger partial charge in [-0.15, -0.1) is 0 Å². The van der Waals surface area contributed by atoms with E-state index in [0.717, 1.165) is 0 Å². The van der Waals surface area contributed by atoms with E-state index in [-0.39, 0.29) is 18.1 Å². The molecule has 0 aliphatic rings. The van der Waals surface area contributed by atoms with Crippen LogP contribution < -0.4 is 10.1 Å². The Morgan fingerprint density at radius 3 is 2.23 bits per heavy atom. The lowest BCUT2D eigenvalue weighted by Gasteiger charge is -2.23. The molecule has 0 fully saturated rings. The number of amides is 1. The summed E-state index contributed by atoms with van der Waals surface area (Å²) < 4.78 is 28.5. The highest BCUT2D eigenvalue weighted by molar-refractivity contribution is 5.80. The molecule has 0 bridgehead atoms. The van der Waals surface area contributed by atoms with Crippen molar-refractivity contribution in [2.24, 2.45) is 5.92 Å². The molecule has 2 aromatic carbocycles. The molecule has 0 spiro atoms. The lowest BCUT2D eigenvalue weighted by molar-refractivity contribution is -0.142. The molecule has 2 rings (SSSR count). The highest BCUT2D eigenvalue weighted by Gasteiger charge is 2.26. The first kappa shape index (κ1) is 19.4. The maximum absolute atomic E-state index is 12.3. The molecule has 5 nitrogen and oxygen atoms in total. The second-order valence-corrected chi connectivity index (χ2v) is 5.78. The Kier molecular flexibility index (Phi) is 6.66. The third kappa shape index (κ3) is 5.54. The molecule has 0 heterocycles. The molecular formula is C19H19F2NO4. The van der Waals surface area contributed by atoms with E-state index in [1.807, 2.05) is 0 Å². The smallest absolute Gasteiger partial charge is 0.387 e. The first-order valence-electron chi connectivity index (χ1n) is 7.97. The van der Waals surface area contributed by atoms with Gasteiger partial charge in [-0.1, -0.05) is 42.5 Å². The van der Waals surface area contributed by atoms with E-state index >= 15 is 0 Å². The van der Waals surface area contributed by atoms with Gasteiger partial charge in [-0.25, -0.2) is 0 Å². The number of carboxylic acid groups (broad SMARTS) is 1. The average Bonchev–Trinajstić information content (AvgIpc) is 2.61. The van der Waals surface area contributed by atoms with Crippen molar-refractivity contribution in [3.63, 3.8) is 0 Å². The van der Waals surface area contributed by atoms with Gasteiger partial charge in [-0.2, -0.15) is 8.78 Å². The van der Waals surface area contributed by atoms with E-state index in [4.69, 9.17) is 0 Å². The van der Waals surface area contributed by atoms with Crippen molar-refractivity contribution in [2.75, 3.05) is 0 Å². The second kappa shape index (κ2) is 8.94. The molecule has 26 heavy (non-hydrogen) atoms. The molecule has 1 amide bonds. The van der Waals surface area contributed by atoms with Crippen molar-refractivity contribution < 1.29 is 28.2 Å². The number of ether oxygens (including phenoxy) is 1. The van der Waals surface area contributed by atoms with Gasteiger partial charge in [0.2, 0.25) is 5.91 Å². The zero-order chi connectivity index (χ0) is 19.1. The fourth-order valence-corrected chi connectivity index (χ4v) is 2.50. The number of nitrogens with one attached hydrogen (secondary N) is 1. The Bertz CT molecular complexity index is 735. The summed E-state index contributed by atoms with van der Waals surface area (Å²) in [5.41, 5.74) is 1.29. The summed E-state index contributed by atoms with van der Waals surface area (Å²) in [6.07, 6.45) is -0.00929. The van der Waals surface area contributed by atoms with Crippen LogP contribution in [0.25, 0.3) is 0 Å². The Balaban J connectivity index is 2.06. The first-order valence-corrected chi connectivity index (χ1v) is 7.97. The van der Waals surface area contributed by atoms with E-state index in [0.29, 0.717) is 11.1 Å². The number of carboxylic acids is 1. The molecular weight excluding hydrogens is 344 g/mol. The molecule has 2 aromatic rings. The lowest BCUT2D eigenvalue weighted by Crippen LogP contribution is -2.36. The van der Waals surface area contributed by atoms with E-state index in [2.05, 4.69) is 10.1 Å². The van der Waals surface area contributed by atoms with Crippen molar-refractivity contribution in [3.8, 4) is 5.75 Å². The second-order valence-electron chi connectivity index (χ2n) is 5.78. The van der Waals surface area contributed by atoms with E-state index < -0.39 is 24.5 Å². The van der Waals surface area contributed by atoms with Crippen LogP contribution in [-0.2, 0) is 16.0 Å². The van der Waals surface area contributed by atoms with Gasteiger partial charge in [0.15, 0.2) is 0 Å². The standard InChI is InChI=1S/C19H19F2NO4/c1-12(18(24)25)17(14-5-3-2-4-6-14)22-16(23)11-13-7-9-15(10-8-13)26-19(20)21/h2-10,12,17,19H,11H2,1H3,(H,22,23)(H,24,25). The summed E-state index contributed by atoms with van der Waals surface area (Å²) >= 11 is 0. The van der Waals surface area contributed by atoms with E-state index in [1.54, 1.807) is 30.3 Å². The largest absolute Gasteiger partial charge is 0.481 e. The summed E-state index contributed by atoms with van der Waals surface area (Å²) in [6, 6.07) is 13.9. The van der Waals surface area contributed by atoms with Gasteiger partial charge in [0.25, 0.3) is 0 Å². The quantitative estimate of drug-likeness (QED) is 0.754. The number of carbonyl (C=O) groups excluding carboxylic acids is 1. The molecule has 0 aliphatic heterocycles. The molecule has 0 saturated carbocycles. The minimum absolute atomic E-state index is 0.00539. The number of halogens is 2. The number of alkyl halides is 2. The van der Waals surface area contributed by atoms with Gasteiger partial charge in [0.1, 0.15) is 5.75 Å². The average molecular weight is 363 g/mol. The van der Waals surface area contributed by atoms with Gasteiger partial charge in [0.05, 0.1) is 18.4 Å². The minimum atomic E-state index is -2.91. The van der Waals surface area contributed by atoms with Gasteiger partial charge >= 0.3 is 12.6 Å². The summed E-state index contributed by atoms with van der Waals surface area (Å²) in [7, 11) is 0. The maximum Gasteiger partial charge on any atom is 0.387 e. The maximum atomic E-state index is 12.3. The molecule has 0 radical (unpaired) electrons. The summed E-state index contributed by atoms with van der Waals surface area (Å²) in [4.78, 5) is 23.7. The third-order valence-electron chi connectivity index (χ3n) is 3.88. The first-order chi connectivity index (χ1) is 12.4. The predicted octanol–water partition coefficient (Wildman–Crippen LogP) is 3.41. The number of rotatable bonds is 8. The van der Waals surface area contributed by atoms with Gasteiger partial charge in [0, 0.05) is 0 Å². The number of hydrogen-bond acceptors (Lipinski definition) is 3. The van der Waals surface area contributed by atoms with E-state index in [9.17, 15) is 23.5 Å². The van der Waals surface area contributed by atoms with E-state index in [1.165, 1.54) is 31.2 Å². The highest BCUT2D eigenvalue weighted by Crippen LogP contribution is 2.22. The molecule has 2 atom stereocenters. The van der Waals surface area contributed by atoms with Crippen LogP contribution in [0.3, 0.4) is 0 Å². The molecule has 7 heteroatoms. The summed E-state index contributed by atoms with van der Waals surface area (Å²) in [5, 5.41) is 12.0. The SMILES string of the molecule is CC(C(=O)O)C(NC(=O)Cc1ccc(OC(F)F)cc1)c1ccccc1. The Morgan fingerprint density at radius 1 is 1.08 bits per heavy atom. The van der Waals surface area contributed by atoms with Crippen molar-refractivity contribution in [3.05, 3.63) is 65.7 Å². The normalized spacial score (nSPS) is 13.1. The molecule has 2 unspecified atom stereocenters. The van der Waals surface area contributed by atoms with Crippen molar-refractivity contribution in [1.82, 2.24) is 5.32 Å². The molecule has 0 aromatic heterocycles. The van der Waals surface area contributed by atoms with Crippen LogP contribution >= 0.6 is 0 Å². The van der Waals surface area contributed by atoms with Crippen molar-refractivity contribution in [2.45, 2.75) is 26.0 Å². The fourth-order valence-electron chi connectivity index (χ4n) is 2.50.